The number of pyridine rings is 1. The molecule has 0 unspecified atom stereocenters. The highest BCUT2D eigenvalue weighted by atomic mass is 16.5. The summed E-state index contributed by atoms with van der Waals surface area (Å²) in [6.45, 7) is 3.07. The monoisotopic (exact) mass is 342 g/mol. The highest BCUT2D eigenvalue weighted by Gasteiger charge is 2.31. The van der Waals surface area contributed by atoms with E-state index < -0.39 is 0 Å². The van der Waals surface area contributed by atoms with Crippen molar-refractivity contribution in [3.8, 4) is 5.75 Å². The Hall–Kier alpha value is -1.95. The van der Waals surface area contributed by atoms with Gasteiger partial charge in [-0.15, -0.1) is 0 Å². The molecule has 2 atom stereocenters. The minimum absolute atomic E-state index is 0.293. The third-order valence-corrected chi connectivity index (χ3v) is 4.60. The van der Waals surface area contributed by atoms with Crippen LogP contribution in [0.5, 0.6) is 5.75 Å². The molecule has 5 heteroatoms. The van der Waals surface area contributed by atoms with Crippen molar-refractivity contribution in [2.75, 3.05) is 27.4 Å². The van der Waals surface area contributed by atoms with Crippen molar-refractivity contribution in [1.29, 1.82) is 0 Å². The van der Waals surface area contributed by atoms with E-state index >= 15 is 0 Å². The van der Waals surface area contributed by atoms with Gasteiger partial charge in [-0.05, 0) is 36.2 Å². The van der Waals surface area contributed by atoms with Gasteiger partial charge in [0.2, 0.25) is 0 Å². The summed E-state index contributed by atoms with van der Waals surface area (Å²) < 4.78 is 16.7. The van der Waals surface area contributed by atoms with Crippen molar-refractivity contribution < 1.29 is 14.2 Å². The number of likely N-dealkylation sites (tertiary alicyclic amines) is 1. The maximum Gasteiger partial charge on any atom is 0.130 e. The van der Waals surface area contributed by atoms with E-state index in [2.05, 4.69) is 22.0 Å². The second-order valence-electron chi connectivity index (χ2n) is 6.39. The number of hydrogen-bond donors (Lipinski definition) is 0. The minimum atomic E-state index is 0.293. The Balaban J connectivity index is 1.55. The quantitative estimate of drug-likeness (QED) is 0.738. The Morgan fingerprint density at radius 1 is 1.12 bits per heavy atom. The van der Waals surface area contributed by atoms with Gasteiger partial charge in [-0.3, -0.25) is 9.88 Å². The Bertz CT molecular complexity index is 633. The van der Waals surface area contributed by atoms with Crippen LogP contribution in [-0.4, -0.2) is 49.4 Å². The van der Waals surface area contributed by atoms with Crippen molar-refractivity contribution in [3.63, 3.8) is 0 Å². The SMILES string of the molecule is COC[C@@H]1C[C@H](OC)CN1Cc1ccc(OCc2ccccn2)cc1. The van der Waals surface area contributed by atoms with Crippen LogP contribution in [0.1, 0.15) is 17.7 Å². The molecule has 0 N–H and O–H groups in total. The number of aromatic nitrogens is 1. The van der Waals surface area contributed by atoms with Crippen molar-refractivity contribution in [1.82, 2.24) is 9.88 Å². The van der Waals surface area contributed by atoms with Crippen molar-refractivity contribution in [3.05, 3.63) is 59.9 Å². The van der Waals surface area contributed by atoms with Crippen LogP contribution in [0, 0.1) is 0 Å². The van der Waals surface area contributed by atoms with E-state index in [1.807, 2.05) is 30.3 Å². The molecule has 0 saturated carbocycles. The molecule has 0 spiro atoms. The van der Waals surface area contributed by atoms with Crippen LogP contribution in [0.3, 0.4) is 0 Å². The highest BCUT2D eigenvalue weighted by molar-refractivity contribution is 5.27. The lowest BCUT2D eigenvalue weighted by Gasteiger charge is -2.23. The molecule has 1 aromatic heterocycles. The average molecular weight is 342 g/mol. The van der Waals surface area contributed by atoms with Crippen LogP contribution in [0.25, 0.3) is 0 Å². The van der Waals surface area contributed by atoms with Gasteiger partial charge >= 0.3 is 0 Å². The van der Waals surface area contributed by atoms with Crippen molar-refractivity contribution >= 4 is 0 Å². The average Bonchev–Trinajstić information content (AvgIpc) is 3.04. The van der Waals surface area contributed by atoms with E-state index in [1.54, 1.807) is 20.4 Å². The largest absolute Gasteiger partial charge is 0.487 e. The van der Waals surface area contributed by atoms with E-state index in [9.17, 15) is 0 Å². The van der Waals surface area contributed by atoms with E-state index in [0.717, 1.165) is 37.6 Å². The fourth-order valence-electron chi connectivity index (χ4n) is 3.23. The van der Waals surface area contributed by atoms with E-state index in [-0.39, 0.29) is 0 Å². The first-order chi connectivity index (χ1) is 12.3. The molecule has 1 fully saturated rings. The van der Waals surface area contributed by atoms with Gasteiger partial charge in [0, 0.05) is 39.5 Å². The molecule has 2 aromatic rings. The lowest BCUT2D eigenvalue weighted by molar-refractivity contribution is 0.106. The molecule has 0 aliphatic carbocycles. The molecule has 2 heterocycles. The molecule has 0 amide bonds. The zero-order valence-corrected chi connectivity index (χ0v) is 14.9. The van der Waals surface area contributed by atoms with Crippen LogP contribution in [0.15, 0.2) is 48.7 Å². The number of benzene rings is 1. The maximum absolute atomic E-state index is 5.80. The summed E-state index contributed by atoms with van der Waals surface area (Å²) in [5.74, 6) is 0.860. The Kier molecular flexibility index (Phi) is 6.39. The standard InChI is InChI=1S/C20H26N2O3/c1-23-15-18-11-20(24-2)13-22(18)12-16-6-8-19(9-7-16)25-14-17-5-3-4-10-21-17/h3-10,18,20H,11-15H2,1-2H3/t18-,20-/m0/s1. The summed E-state index contributed by atoms with van der Waals surface area (Å²) in [7, 11) is 3.54. The van der Waals surface area contributed by atoms with E-state index in [1.165, 1.54) is 5.56 Å². The molecular weight excluding hydrogens is 316 g/mol. The third kappa shape index (κ3) is 5.01. The number of rotatable bonds is 8. The topological polar surface area (TPSA) is 43.8 Å². The Morgan fingerprint density at radius 2 is 1.96 bits per heavy atom. The van der Waals surface area contributed by atoms with Gasteiger partial charge in [0.15, 0.2) is 0 Å². The lowest BCUT2D eigenvalue weighted by atomic mass is 10.2. The number of methoxy groups -OCH3 is 2. The first-order valence-corrected chi connectivity index (χ1v) is 8.66. The zero-order chi connectivity index (χ0) is 17.5. The summed E-state index contributed by atoms with van der Waals surface area (Å²) in [5.41, 5.74) is 2.19. The summed E-state index contributed by atoms with van der Waals surface area (Å²) in [6.07, 6.45) is 3.10. The third-order valence-electron chi connectivity index (χ3n) is 4.60. The molecule has 0 radical (unpaired) electrons. The summed E-state index contributed by atoms with van der Waals surface area (Å²) in [5, 5.41) is 0. The second-order valence-corrected chi connectivity index (χ2v) is 6.39. The number of nitrogens with zero attached hydrogens (tertiary/aromatic N) is 2. The van der Waals surface area contributed by atoms with Gasteiger partial charge in [-0.1, -0.05) is 18.2 Å². The van der Waals surface area contributed by atoms with Gasteiger partial charge in [0.1, 0.15) is 12.4 Å². The molecule has 1 aliphatic rings. The van der Waals surface area contributed by atoms with Crippen LogP contribution in [0.2, 0.25) is 0 Å². The van der Waals surface area contributed by atoms with Crippen LogP contribution in [-0.2, 0) is 22.6 Å². The maximum atomic E-state index is 5.80. The predicted octanol–water partition coefficient (Wildman–Crippen LogP) is 2.90. The van der Waals surface area contributed by atoms with Gasteiger partial charge in [0.05, 0.1) is 18.4 Å². The van der Waals surface area contributed by atoms with Gasteiger partial charge in [-0.25, -0.2) is 0 Å². The molecule has 1 aromatic carbocycles. The van der Waals surface area contributed by atoms with Gasteiger partial charge in [-0.2, -0.15) is 0 Å². The van der Waals surface area contributed by atoms with Gasteiger partial charge in [0.25, 0.3) is 0 Å². The van der Waals surface area contributed by atoms with E-state index in [0.29, 0.717) is 18.8 Å². The first kappa shape index (κ1) is 17.9. The molecule has 134 valence electrons. The lowest BCUT2D eigenvalue weighted by Crippen LogP contribution is -2.32. The molecule has 5 nitrogen and oxygen atoms in total. The highest BCUT2D eigenvalue weighted by Crippen LogP contribution is 2.23. The van der Waals surface area contributed by atoms with Crippen LogP contribution >= 0.6 is 0 Å². The molecule has 1 aliphatic heterocycles. The Morgan fingerprint density at radius 3 is 2.64 bits per heavy atom. The number of hydrogen-bond acceptors (Lipinski definition) is 5. The second kappa shape index (κ2) is 8.94. The molecular formula is C20H26N2O3. The summed E-state index contributed by atoms with van der Waals surface area (Å²) in [6, 6.07) is 14.5. The van der Waals surface area contributed by atoms with E-state index in [4.69, 9.17) is 14.2 Å². The first-order valence-electron chi connectivity index (χ1n) is 8.66. The van der Waals surface area contributed by atoms with Crippen molar-refractivity contribution in [2.24, 2.45) is 0 Å². The van der Waals surface area contributed by atoms with Crippen molar-refractivity contribution in [2.45, 2.75) is 31.7 Å². The zero-order valence-electron chi connectivity index (χ0n) is 14.9. The molecule has 25 heavy (non-hydrogen) atoms. The summed E-state index contributed by atoms with van der Waals surface area (Å²) >= 11 is 0. The van der Waals surface area contributed by atoms with Gasteiger partial charge < -0.3 is 14.2 Å². The fourth-order valence-corrected chi connectivity index (χ4v) is 3.23. The predicted molar refractivity (Wildman–Crippen MR) is 96.5 cm³/mol. The Labute approximate surface area is 149 Å². The van der Waals surface area contributed by atoms with Crippen LogP contribution in [0.4, 0.5) is 0 Å². The number of ether oxygens (including phenoxy) is 3. The fraction of sp³-hybridized carbons (Fsp3) is 0.450. The molecule has 0 bridgehead atoms. The van der Waals surface area contributed by atoms with Crippen LogP contribution < -0.4 is 4.74 Å². The minimum Gasteiger partial charge on any atom is -0.487 e. The molecule has 3 rings (SSSR count). The normalized spacial score (nSPS) is 20.7. The molecule has 1 saturated heterocycles. The summed E-state index contributed by atoms with van der Waals surface area (Å²) in [4.78, 5) is 6.70. The smallest absolute Gasteiger partial charge is 0.130 e.